The van der Waals surface area contributed by atoms with Crippen LogP contribution in [-0.4, -0.2) is 37.0 Å². The zero-order valence-corrected chi connectivity index (χ0v) is 15.2. The molecule has 0 fully saturated rings. The third kappa shape index (κ3) is 3.31. The van der Waals surface area contributed by atoms with Crippen LogP contribution >= 0.6 is 0 Å². The lowest BCUT2D eigenvalue weighted by Crippen LogP contribution is -2.36. The smallest absolute Gasteiger partial charge is 0.132 e. The maximum atomic E-state index is 9.97. The van der Waals surface area contributed by atoms with Crippen molar-refractivity contribution >= 4 is 5.57 Å². The molecule has 1 unspecified atom stereocenters. The Bertz CT molecular complexity index is 649. The quantitative estimate of drug-likeness (QED) is 0.868. The molecule has 0 radical (unpaired) electrons. The molecule has 132 valence electrons. The average Bonchev–Trinajstić information content (AvgIpc) is 2.52. The number of fused-ring (bicyclic) bond motifs is 2. The Labute approximate surface area is 144 Å². The van der Waals surface area contributed by atoms with Crippen molar-refractivity contribution < 1.29 is 14.6 Å². The molecule has 0 bridgehead atoms. The lowest BCUT2D eigenvalue weighted by atomic mass is 9.77. The summed E-state index contributed by atoms with van der Waals surface area (Å²) in [5.74, 6) is 1.75. The first-order valence-electron chi connectivity index (χ1n) is 8.94. The van der Waals surface area contributed by atoms with Gasteiger partial charge in [-0.05, 0) is 82.3 Å². The van der Waals surface area contributed by atoms with Crippen molar-refractivity contribution in [3.05, 3.63) is 28.8 Å². The molecule has 2 N–H and O–H groups in total. The van der Waals surface area contributed by atoms with E-state index in [0.29, 0.717) is 6.54 Å². The predicted octanol–water partition coefficient (Wildman–Crippen LogP) is 3.45. The SMILES string of the molecule is CNCC(O)COc1cc(C)cc2c1C1=C(CCCC1)C(C)(C)O2. The van der Waals surface area contributed by atoms with Gasteiger partial charge >= 0.3 is 0 Å². The number of nitrogens with one attached hydrogen (secondary N) is 1. The minimum Gasteiger partial charge on any atom is -0.490 e. The minimum absolute atomic E-state index is 0.251. The predicted molar refractivity (Wildman–Crippen MR) is 96.7 cm³/mol. The van der Waals surface area contributed by atoms with Gasteiger partial charge in [-0.3, -0.25) is 0 Å². The van der Waals surface area contributed by atoms with Crippen molar-refractivity contribution in [2.75, 3.05) is 20.2 Å². The maximum absolute atomic E-state index is 9.97. The van der Waals surface area contributed by atoms with E-state index in [2.05, 4.69) is 38.2 Å². The van der Waals surface area contributed by atoms with E-state index >= 15 is 0 Å². The van der Waals surface area contributed by atoms with Crippen molar-refractivity contribution in [3.8, 4) is 11.5 Å². The van der Waals surface area contributed by atoms with Gasteiger partial charge in [-0.1, -0.05) is 0 Å². The summed E-state index contributed by atoms with van der Waals surface area (Å²) >= 11 is 0. The van der Waals surface area contributed by atoms with Crippen molar-refractivity contribution in [3.63, 3.8) is 0 Å². The highest BCUT2D eigenvalue weighted by Crippen LogP contribution is 2.50. The minimum atomic E-state index is -0.521. The molecule has 4 nitrogen and oxygen atoms in total. The van der Waals surface area contributed by atoms with Gasteiger partial charge in [0.25, 0.3) is 0 Å². The van der Waals surface area contributed by atoms with Crippen LogP contribution in [-0.2, 0) is 0 Å². The van der Waals surface area contributed by atoms with Gasteiger partial charge in [0.15, 0.2) is 0 Å². The Morgan fingerprint density at radius 2 is 2.04 bits per heavy atom. The number of aliphatic hydroxyl groups is 1. The van der Waals surface area contributed by atoms with E-state index in [1.807, 2.05) is 7.05 Å². The largest absolute Gasteiger partial charge is 0.490 e. The molecule has 1 aromatic rings. The summed E-state index contributed by atoms with van der Waals surface area (Å²) < 4.78 is 12.4. The topological polar surface area (TPSA) is 50.7 Å². The number of likely N-dealkylation sites (N-methyl/N-ethyl adjacent to an activating group) is 1. The summed E-state index contributed by atoms with van der Waals surface area (Å²) in [5, 5.41) is 12.9. The van der Waals surface area contributed by atoms with Crippen LogP contribution in [0.2, 0.25) is 0 Å². The van der Waals surface area contributed by atoms with E-state index in [4.69, 9.17) is 9.47 Å². The third-order valence-corrected chi connectivity index (χ3v) is 4.94. The molecule has 1 aliphatic carbocycles. The third-order valence-electron chi connectivity index (χ3n) is 4.94. The fraction of sp³-hybridized carbons (Fsp3) is 0.600. The van der Waals surface area contributed by atoms with Gasteiger partial charge < -0.3 is 19.9 Å². The summed E-state index contributed by atoms with van der Waals surface area (Å²) in [5.41, 5.74) is 4.77. The lowest BCUT2D eigenvalue weighted by molar-refractivity contribution is 0.106. The maximum Gasteiger partial charge on any atom is 0.132 e. The van der Waals surface area contributed by atoms with Crippen molar-refractivity contribution in [2.45, 2.75) is 58.2 Å². The lowest BCUT2D eigenvalue weighted by Gasteiger charge is -2.40. The van der Waals surface area contributed by atoms with E-state index in [1.165, 1.54) is 24.0 Å². The number of hydrogen-bond acceptors (Lipinski definition) is 4. The summed E-state index contributed by atoms with van der Waals surface area (Å²) in [6.45, 7) is 7.18. The normalized spacial score (nSPS) is 20.0. The standard InChI is InChI=1S/C20H29NO3/c1-13-9-17(23-12-14(22)11-21-4)19-15-7-5-6-8-16(15)20(2,3)24-18(19)10-13/h9-10,14,21-22H,5-8,11-12H2,1-4H3. The second-order valence-corrected chi connectivity index (χ2v) is 7.44. The molecule has 2 aliphatic rings. The molecule has 0 saturated heterocycles. The Balaban J connectivity index is 2.00. The average molecular weight is 331 g/mol. The van der Waals surface area contributed by atoms with Crippen molar-refractivity contribution in [2.24, 2.45) is 0 Å². The number of hydrogen-bond donors (Lipinski definition) is 2. The molecule has 0 aromatic heterocycles. The number of benzene rings is 1. The fourth-order valence-electron chi connectivity index (χ4n) is 3.88. The van der Waals surface area contributed by atoms with E-state index < -0.39 is 6.10 Å². The van der Waals surface area contributed by atoms with Gasteiger partial charge in [0, 0.05) is 6.54 Å². The Hall–Kier alpha value is -1.52. The zero-order chi connectivity index (χ0) is 17.3. The van der Waals surface area contributed by atoms with E-state index in [-0.39, 0.29) is 12.2 Å². The number of aliphatic hydroxyl groups excluding tert-OH is 1. The molecular weight excluding hydrogens is 302 g/mol. The summed E-state index contributed by atoms with van der Waals surface area (Å²) in [6.07, 6.45) is 4.09. The second kappa shape index (κ2) is 6.77. The number of allylic oxidation sites excluding steroid dienone is 1. The molecule has 24 heavy (non-hydrogen) atoms. The van der Waals surface area contributed by atoms with E-state index in [9.17, 15) is 5.11 Å². The molecule has 0 spiro atoms. The van der Waals surface area contributed by atoms with Crippen LogP contribution in [0.15, 0.2) is 17.7 Å². The zero-order valence-electron chi connectivity index (χ0n) is 15.2. The van der Waals surface area contributed by atoms with Crippen molar-refractivity contribution in [1.29, 1.82) is 0 Å². The van der Waals surface area contributed by atoms with Gasteiger partial charge in [-0.2, -0.15) is 0 Å². The highest BCUT2D eigenvalue weighted by Gasteiger charge is 2.37. The van der Waals surface area contributed by atoms with Crippen LogP contribution in [0.25, 0.3) is 5.57 Å². The molecule has 1 atom stereocenters. The molecule has 1 aliphatic heterocycles. The summed E-state index contributed by atoms with van der Waals surface area (Å²) in [6, 6.07) is 4.16. The first kappa shape index (κ1) is 17.3. The Morgan fingerprint density at radius 1 is 1.29 bits per heavy atom. The highest BCUT2D eigenvalue weighted by molar-refractivity contribution is 5.81. The molecule has 1 heterocycles. The van der Waals surface area contributed by atoms with Crippen molar-refractivity contribution in [1.82, 2.24) is 5.32 Å². The Morgan fingerprint density at radius 3 is 2.79 bits per heavy atom. The first-order chi connectivity index (χ1) is 11.4. The van der Waals surface area contributed by atoms with Crippen LogP contribution in [0.3, 0.4) is 0 Å². The highest BCUT2D eigenvalue weighted by atomic mass is 16.5. The number of rotatable bonds is 5. The number of aryl methyl sites for hydroxylation is 1. The number of ether oxygens (including phenoxy) is 2. The van der Waals surface area contributed by atoms with Crippen LogP contribution < -0.4 is 14.8 Å². The van der Waals surface area contributed by atoms with E-state index in [1.54, 1.807) is 0 Å². The van der Waals surface area contributed by atoms with Crippen LogP contribution in [0.4, 0.5) is 0 Å². The summed E-state index contributed by atoms with van der Waals surface area (Å²) in [7, 11) is 1.83. The Kier molecular flexibility index (Phi) is 4.88. The van der Waals surface area contributed by atoms with Gasteiger partial charge in [0.05, 0.1) is 5.56 Å². The van der Waals surface area contributed by atoms with Crippen LogP contribution in [0.5, 0.6) is 11.5 Å². The summed E-state index contributed by atoms with van der Waals surface area (Å²) in [4.78, 5) is 0. The van der Waals surface area contributed by atoms with E-state index in [0.717, 1.165) is 35.5 Å². The van der Waals surface area contributed by atoms with Gasteiger partial charge in [-0.25, -0.2) is 0 Å². The molecule has 0 saturated carbocycles. The molecular formula is C20H29NO3. The monoisotopic (exact) mass is 331 g/mol. The fourth-order valence-corrected chi connectivity index (χ4v) is 3.88. The second-order valence-electron chi connectivity index (χ2n) is 7.44. The molecule has 4 heteroatoms. The molecule has 3 rings (SSSR count). The van der Waals surface area contributed by atoms with Crippen LogP contribution in [0, 0.1) is 6.92 Å². The van der Waals surface area contributed by atoms with Crippen LogP contribution in [0.1, 0.15) is 50.7 Å². The van der Waals surface area contributed by atoms with Gasteiger partial charge in [0.1, 0.15) is 29.8 Å². The molecule has 1 aromatic carbocycles. The molecule has 0 amide bonds. The van der Waals surface area contributed by atoms with Gasteiger partial charge in [-0.15, -0.1) is 0 Å². The first-order valence-corrected chi connectivity index (χ1v) is 8.94. The van der Waals surface area contributed by atoms with Gasteiger partial charge in [0.2, 0.25) is 0 Å².